The summed E-state index contributed by atoms with van der Waals surface area (Å²) in [6, 6.07) is 8.57. The van der Waals surface area contributed by atoms with Gasteiger partial charge in [0.05, 0.1) is 13.2 Å². The SMILES string of the molecule is CN=C(NCC1(N2CCOCC2)CCSC1)N(C)Cc1ccccc1C. The molecule has 1 aromatic carbocycles. The van der Waals surface area contributed by atoms with Crippen molar-refractivity contribution in [2.24, 2.45) is 4.99 Å². The molecular weight excluding hydrogens is 344 g/mol. The average Bonchev–Trinajstić information content (AvgIpc) is 3.15. The first-order chi connectivity index (χ1) is 12.6. The smallest absolute Gasteiger partial charge is 0.193 e. The van der Waals surface area contributed by atoms with Crippen LogP contribution in [0.15, 0.2) is 29.3 Å². The third-order valence-corrected chi connectivity index (χ3v) is 6.82. The number of benzene rings is 1. The number of thioether (sulfide) groups is 1. The number of hydrogen-bond donors (Lipinski definition) is 1. The van der Waals surface area contributed by atoms with Crippen LogP contribution in [0.2, 0.25) is 0 Å². The van der Waals surface area contributed by atoms with Crippen LogP contribution in [0.4, 0.5) is 0 Å². The second kappa shape index (κ2) is 9.11. The van der Waals surface area contributed by atoms with Gasteiger partial charge in [0.1, 0.15) is 0 Å². The van der Waals surface area contributed by atoms with Crippen LogP contribution >= 0.6 is 11.8 Å². The molecule has 0 bridgehead atoms. The minimum Gasteiger partial charge on any atom is -0.379 e. The highest BCUT2D eigenvalue weighted by Gasteiger charge is 2.40. The molecule has 2 aliphatic rings. The Morgan fingerprint density at radius 3 is 2.77 bits per heavy atom. The largest absolute Gasteiger partial charge is 0.379 e. The second-order valence-corrected chi connectivity index (χ2v) is 8.41. The first kappa shape index (κ1) is 19.5. The summed E-state index contributed by atoms with van der Waals surface area (Å²) in [6.45, 7) is 7.78. The number of morpholine rings is 1. The van der Waals surface area contributed by atoms with Gasteiger partial charge in [0.2, 0.25) is 0 Å². The second-order valence-electron chi connectivity index (χ2n) is 7.31. The molecule has 5 nitrogen and oxygen atoms in total. The molecule has 1 aromatic rings. The van der Waals surface area contributed by atoms with Crippen molar-refractivity contribution in [1.82, 2.24) is 15.1 Å². The summed E-state index contributed by atoms with van der Waals surface area (Å²) in [5.41, 5.74) is 2.90. The summed E-state index contributed by atoms with van der Waals surface area (Å²) in [5, 5.41) is 3.67. The van der Waals surface area contributed by atoms with E-state index in [2.05, 4.69) is 70.1 Å². The quantitative estimate of drug-likeness (QED) is 0.630. The molecule has 0 aliphatic carbocycles. The van der Waals surface area contributed by atoms with Crippen molar-refractivity contribution < 1.29 is 4.74 Å². The zero-order chi connectivity index (χ0) is 18.4. The van der Waals surface area contributed by atoms with Crippen molar-refractivity contribution in [2.45, 2.75) is 25.4 Å². The van der Waals surface area contributed by atoms with Crippen LogP contribution in [-0.4, -0.2) is 79.7 Å². The number of aryl methyl sites for hydroxylation is 1. The summed E-state index contributed by atoms with van der Waals surface area (Å²) < 4.78 is 5.57. The molecule has 1 unspecified atom stereocenters. The van der Waals surface area contributed by atoms with E-state index in [1.54, 1.807) is 0 Å². The third kappa shape index (κ3) is 4.53. The van der Waals surface area contributed by atoms with Crippen LogP contribution in [-0.2, 0) is 11.3 Å². The molecule has 0 aromatic heterocycles. The molecule has 2 saturated heterocycles. The highest BCUT2D eigenvalue weighted by Crippen LogP contribution is 2.33. The molecule has 0 saturated carbocycles. The van der Waals surface area contributed by atoms with E-state index in [-0.39, 0.29) is 5.54 Å². The number of nitrogens with one attached hydrogen (secondary N) is 1. The van der Waals surface area contributed by atoms with E-state index in [1.165, 1.54) is 29.1 Å². The molecule has 26 heavy (non-hydrogen) atoms. The summed E-state index contributed by atoms with van der Waals surface area (Å²) in [5.74, 6) is 3.41. The van der Waals surface area contributed by atoms with Gasteiger partial charge in [-0.15, -0.1) is 0 Å². The van der Waals surface area contributed by atoms with Crippen LogP contribution in [0, 0.1) is 6.92 Å². The molecular formula is C20H32N4OS. The summed E-state index contributed by atoms with van der Waals surface area (Å²) in [6.07, 6.45) is 1.24. The molecule has 0 radical (unpaired) electrons. The van der Waals surface area contributed by atoms with Gasteiger partial charge in [-0.3, -0.25) is 9.89 Å². The topological polar surface area (TPSA) is 40.1 Å². The minimum atomic E-state index is 0.230. The summed E-state index contributed by atoms with van der Waals surface area (Å²) >= 11 is 2.07. The number of nitrogens with zero attached hydrogens (tertiary/aromatic N) is 3. The molecule has 3 rings (SSSR count). The average molecular weight is 377 g/mol. The first-order valence-electron chi connectivity index (χ1n) is 9.51. The maximum absolute atomic E-state index is 5.57. The van der Waals surface area contributed by atoms with E-state index >= 15 is 0 Å². The van der Waals surface area contributed by atoms with E-state index in [4.69, 9.17) is 4.74 Å². The van der Waals surface area contributed by atoms with Crippen LogP contribution in [0.5, 0.6) is 0 Å². The van der Waals surface area contributed by atoms with Crippen molar-refractivity contribution in [3.63, 3.8) is 0 Å². The molecule has 2 fully saturated rings. The highest BCUT2D eigenvalue weighted by atomic mass is 32.2. The Morgan fingerprint density at radius 1 is 1.35 bits per heavy atom. The van der Waals surface area contributed by atoms with Crippen molar-refractivity contribution in [3.05, 3.63) is 35.4 Å². The van der Waals surface area contributed by atoms with Crippen molar-refractivity contribution in [2.75, 3.05) is 58.4 Å². The van der Waals surface area contributed by atoms with Gasteiger partial charge in [0, 0.05) is 51.6 Å². The molecule has 0 amide bonds. The molecule has 2 aliphatic heterocycles. The van der Waals surface area contributed by atoms with Crippen LogP contribution in [0.1, 0.15) is 17.5 Å². The van der Waals surface area contributed by atoms with Gasteiger partial charge in [-0.25, -0.2) is 0 Å². The molecule has 2 heterocycles. The fourth-order valence-electron chi connectivity index (χ4n) is 3.88. The predicted octanol–water partition coefficient (Wildman–Crippen LogP) is 2.21. The van der Waals surface area contributed by atoms with Crippen LogP contribution in [0.25, 0.3) is 0 Å². The summed E-state index contributed by atoms with van der Waals surface area (Å²) in [4.78, 5) is 9.39. The maximum Gasteiger partial charge on any atom is 0.193 e. The lowest BCUT2D eigenvalue weighted by molar-refractivity contribution is -0.0121. The molecule has 0 spiro atoms. The lowest BCUT2D eigenvalue weighted by atomic mass is 9.95. The van der Waals surface area contributed by atoms with Crippen molar-refractivity contribution in [1.29, 1.82) is 0 Å². The Bertz CT molecular complexity index is 610. The van der Waals surface area contributed by atoms with Gasteiger partial charge in [-0.2, -0.15) is 11.8 Å². The number of guanidine groups is 1. The van der Waals surface area contributed by atoms with E-state index in [9.17, 15) is 0 Å². The van der Waals surface area contributed by atoms with Gasteiger partial charge in [-0.1, -0.05) is 24.3 Å². The molecule has 6 heteroatoms. The zero-order valence-corrected chi connectivity index (χ0v) is 17.1. The van der Waals surface area contributed by atoms with Crippen LogP contribution < -0.4 is 5.32 Å². The Morgan fingerprint density at radius 2 is 2.12 bits per heavy atom. The monoisotopic (exact) mass is 376 g/mol. The number of aliphatic imine (C=N–C) groups is 1. The number of rotatable bonds is 5. The molecule has 144 valence electrons. The van der Waals surface area contributed by atoms with E-state index in [1.807, 2.05) is 7.05 Å². The highest BCUT2D eigenvalue weighted by molar-refractivity contribution is 7.99. The first-order valence-corrected chi connectivity index (χ1v) is 10.7. The van der Waals surface area contributed by atoms with Gasteiger partial charge in [0.25, 0.3) is 0 Å². The number of hydrogen-bond acceptors (Lipinski definition) is 4. The third-order valence-electron chi connectivity index (χ3n) is 5.58. The normalized spacial score (nSPS) is 24.7. The van der Waals surface area contributed by atoms with E-state index in [0.29, 0.717) is 0 Å². The standard InChI is InChI=1S/C20H32N4OS/c1-17-6-4-5-7-18(17)14-23(3)19(21-2)22-15-20(8-13-26-16-20)24-9-11-25-12-10-24/h4-7H,8-16H2,1-3H3,(H,21,22). The lowest BCUT2D eigenvalue weighted by Crippen LogP contribution is -2.60. The fourth-order valence-corrected chi connectivity index (χ4v) is 5.36. The zero-order valence-electron chi connectivity index (χ0n) is 16.3. The van der Waals surface area contributed by atoms with E-state index in [0.717, 1.165) is 45.4 Å². The van der Waals surface area contributed by atoms with E-state index < -0.39 is 0 Å². The van der Waals surface area contributed by atoms with Gasteiger partial charge >= 0.3 is 0 Å². The fraction of sp³-hybridized carbons (Fsp3) is 0.650. The van der Waals surface area contributed by atoms with Gasteiger partial charge < -0.3 is 15.0 Å². The lowest BCUT2D eigenvalue weighted by Gasteiger charge is -2.43. The number of ether oxygens (including phenoxy) is 1. The Hall–Kier alpha value is -1.24. The van der Waals surface area contributed by atoms with Crippen LogP contribution in [0.3, 0.4) is 0 Å². The Labute approximate surface area is 162 Å². The van der Waals surface area contributed by atoms with Gasteiger partial charge in [0.15, 0.2) is 5.96 Å². The Kier molecular flexibility index (Phi) is 6.84. The van der Waals surface area contributed by atoms with Gasteiger partial charge in [-0.05, 0) is 30.2 Å². The molecule has 1 N–H and O–H groups in total. The molecule has 1 atom stereocenters. The van der Waals surface area contributed by atoms with Crippen molar-refractivity contribution >= 4 is 17.7 Å². The minimum absolute atomic E-state index is 0.230. The Balaban J connectivity index is 1.62. The summed E-state index contributed by atoms with van der Waals surface area (Å²) in [7, 11) is 3.99. The predicted molar refractivity (Wildman–Crippen MR) is 111 cm³/mol. The maximum atomic E-state index is 5.57. The van der Waals surface area contributed by atoms with Crippen molar-refractivity contribution in [3.8, 4) is 0 Å².